The highest BCUT2D eigenvalue weighted by atomic mass is 32.2. The van der Waals surface area contributed by atoms with Crippen LogP contribution in [0.15, 0.2) is 0 Å². The topological polar surface area (TPSA) is 35.5 Å². The molecule has 1 saturated heterocycles. The fourth-order valence-electron chi connectivity index (χ4n) is 0.956. The van der Waals surface area contributed by atoms with E-state index < -0.39 is 5.41 Å². The predicted molar refractivity (Wildman–Crippen MR) is 65.0 cm³/mol. The zero-order chi connectivity index (χ0) is 11.5. The van der Waals surface area contributed by atoms with E-state index in [0.717, 1.165) is 6.42 Å². The van der Waals surface area contributed by atoms with Gasteiger partial charge in [-0.1, -0.05) is 18.7 Å². The Morgan fingerprint density at radius 3 is 2.87 bits per heavy atom. The van der Waals surface area contributed by atoms with Gasteiger partial charge in [0.25, 0.3) is 0 Å². The Bertz CT molecular complexity index is 263. The highest BCUT2D eigenvalue weighted by Gasteiger charge is 2.29. The Morgan fingerprint density at radius 2 is 2.40 bits per heavy atom. The average molecular weight is 248 g/mol. The van der Waals surface area contributed by atoms with Gasteiger partial charge in [0, 0.05) is 0 Å². The summed E-state index contributed by atoms with van der Waals surface area (Å²) >= 11 is 6.33. The third-order valence-corrected chi connectivity index (χ3v) is 3.81. The summed E-state index contributed by atoms with van der Waals surface area (Å²) in [5, 5.41) is 0.161. The summed E-state index contributed by atoms with van der Waals surface area (Å²) in [6.07, 6.45) is 0.776. The summed E-state index contributed by atoms with van der Waals surface area (Å²) in [4.78, 5) is 11.6. The van der Waals surface area contributed by atoms with Crippen molar-refractivity contribution in [2.75, 3.05) is 13.2 Å². The van der Waals surface area contributed by atoms with Crippen LogP contribution in [0.5, 0.6) is 0 Å². The maximum Gasteiger partial charge on any atom is 0.311 e. The number of thiocarbonyl (C=S) groups is 1. The summed E-state index contributed by atoms with van der Waals surface area (Å²) in [6.45, 7) is 6.68. The van der Waals surface area contributed by atoms with Crippen LogP contribution in [0.1, 0.15) is 27.2 Å². The average Bonchev–Trinajstić information content (AvgIpc) is 2.60. The molecule has 0 aromatic carbocycles. The van der Waals surface area contributed by atoms with Gasteiger partial charge in [0.05, 0.1) is 10.7 Å². The molecule has 0 bridgehead atoms. The van der Waals surface area contributed by atoms with Gasteiger partial charge in [-0.25, -0.2) is 0 Å². The van der Waals surface area contributed by atoms with Crippen molar-refractivity contribution in [3.63, 3.8) is 0 Å². The second-order valence-corrected chi connectivity index (χ2v) is 6.04. The Balaban J connectivity index is 2.31. The first-order valence-electron chi connectivity index (χ1n) is 4.96. The van der Waals surface area contributed by atoms with E-state index in [0.29, 0.717) is 17.6 Å². The number of ether oxygens (including phenoxy) is 2. The van der Waals surface area contributed by atoms with E-state index in [-0.39, 0.29) is 11.2 Å². The quantitative estimate of drug-likeness (QED) is 0.564. The van der Waals surface area contributed by atoms with E-state index in [1.165, 1.54) is 11.8 Å². The highest BCUT2D eigenvalue weighted by molar-refractivity contribution is 8.23. The SMILES string of the molecule is CCC(C)(C)C(=O)OCC1COC(=S)S1. The summed E-state index contributed by atoms with van der Waals surface area (Å²) in [7, 11) is 0. The van der Waals surface area contributed by atoms with Crippen LogP contribution in [0.3, 0.4) is 0 Å². The van der Waals surface area contributed by atoms with Gasteiger partial charge < -0.3 is 9.47 Å². The van der Waals surface area contributed by atoms with Crippen molar-refractivity contribution in [1.29, 1.82) is 0 Å². The molecule has 0 aliphatic carbocycles. The van der Waals surface area contributed by atoms with Crippen LogP contribution in [-0.2, 0) is 14.3 Å². The van der Waals surface area contributed by atoms with Crippen LogP contribution in [0, 0.1) is 5.41 Å². The molecule has 0 radical (unpaired) electrons. The van der Waals surface area contributed by atoms with Crippen molar-refractivity contribution in [3.05, 3.63) is 0 Å². The number of carbonyl (C=O) groups excluding carboxylic acids is 1. The molecule has 1 atom stereocenters. The van der Waals surface area contributed by atoms with E-state index in [4.69, 9.17) is 21.7 Å². The van der Waals surface area contributed by atoms with Crippen LogP contribution in [0.4, 0.5) is 0 Å². The molecule has 0 aromatic rings. The van der Waals surface area contributed by atoms with Crippen LogP contribution in [0.2, 0.25) is 0 Å². The third kappa shape index (κ3) is 3.65. The normalized spacial score (nSPS) is 21.3. The minimum absolute atomic E-state index is 0.150. The Hall–Kier alpha value is -0.290. The smallest absolute Gasteiger partial charge is 0.311 e. The summed E-state index contributed by atoms with van der Waals surface area (Å²) in [5.41, 5.74) is -0.398. The molecule has 0 N–H and O–H groups in total. The van der Waals surface area contributed by atoms with E-state index in [1.807, 2.05) is 20.8 Å². The monoisotopic (exact) mass is 248 g/mol. The van der Waals surface area contributed by atoms with Crippen LogP contribution >= 0.6 is 24.0 Å². The molecule has 1 aliphatic rings. The molecule has 3 nitrogen and oxygen atoms in total. The van der Waals surface area contributed by atoms with Gasteiger partial charge in [0.2, 0.25) is 4.38 Å². The van der Waals surface area contributed by atoms with Gasteiger partial charge in [-0.15, -0.1) is 0 Å². The molecule has 86 valence electrons. The van der Waals surface area contributed by atoms with Gasteiger partial charge >= 0.3 is 5.97 Å². The van der Waals surface area contributed by atoms with Gasteiger partial charge in [-0.05, 0) is 32.5 Å². The summed E-state index contributed by atoms with van der Waals surface area (Å²) in [6, 6.07) is 0. The zero-order valence-corrected chi connectivity index (χ0v) is 10.9. The third-order valence-electron chi connectivity index (χ3n) is 2.49. The lowest BCUT2D eigenvalue weighted by Gasteiger charge is -2.20. The first-order valence-corrected chi connectivity index (χ1v) is 6.25. The van der Waals surface area contributed by atoms with Gasteiger partial charge in [-0.2, -0.15) is 0 Å². The maximum absolute atomic E-state index is 11.6. The fourth-order valence-corrected chi connectivity index (χ4v) is 2.11. The largest absolute Gasteiger partial charge is 0.477 e. The Kier molecular flexibility index (Phi) is 4.40. The summed E-state index contributed by atoms with van der Waals surface area (Å²) < 4.78 is 10.9. The van der Waals surface area contributed by atoms with Gasteiger partial charge in [0.15, 0.2) is 0 Å². The Morgan fingerprint density at radius 1 is 1.73 bits per heavy atom. The van der Waals surface area contributed by atoms with Gasteiger partial charge in [0.1, 0.15) is 13.2 Å². The first kappa shape index (κ1) is 12.8. The number of hydrogen-bond donors (Lipinski definition) is 0. The molecule has 1 unspecified atom stereocenters. The van der Waals surface area contributed by atoms with E-state index in [2.05, 4.69) is 0 Å². The molecule has 1 aliphatic heterocycles. The lowest BCUT2D eigenvalue weighted by molar-refractivity contribution is -0.154. The Labute approximate surface area is 99.9 Å². The lowest BCUT2D eigenvalue weighted by atomic mass is 9.91. The van der Waals surface area contributed by atoms with Crippen molar-refractivity contribution in [2.24, 2.45) is 5.41 Å². The number of esters is 1. The molecule has 1 fully saturated rings. The number of rotatable bonds is 4. The van der Waals surface area contributed by atoms with Crippen molar-refractivity contribution in [2.45, 2.75) is 32.4 Å². The second-order valence-electron chi connectivity index (χ2n) is 4.14. The molecule has 15 heavy (non-hydrogen) atoms. The van der Waals surface area contributed by atoms with E-state index in [9.17, 15) is 4.79 Å². The zero-order valence-electron chi connectivity index (χ0n) is 9.24. The molecule has 1 heterocycles. The molecule has 0 saturated carbocycles. The fraction of sp³-hybridized carbons (Fsp3) is 0.800. The standard InChI is InChI=1S/C10H16O3S2/c1-4-10(2,3)8(11)12-5-7-6-13-9(14)15-7/h7H,4-6H2,1-3H3. The molecule has 1 rings (SSSR count). The summed E-state index contributed by atoms with van der Waals surface area (Å²) in [5.74, 6) is -0.150. The van der Waals surface area contributed by atoms with Crippen LogP contribution < -0.4 is 0 Å². The molecule has 0 amide bonds. The maximum atomic E-state index is 11.6. The molecule has 0 spiro atoms. The van der Waals surface area contributed by atoms with Crippen molar-refractivity contribution in [1.82, 2.24) is 0 Å². The van der Waals surface area contributed by atoms with Crippen molar-refractivity contribution < 1.29 is 14.3 Å². The molecule has 0 aromatic heterocycles. The highest BCUT2D eigenvalue weighted by Crippen LogP contribution is 2.25. The van der Waals surface area contributed by atoms with Crippen LogP contribution in [0.25, 0.3) is 0 Å². The van der Waals surface area contributed by atoms with E-state index >= 15 is 0 Å². The minimum atomic E-state index is -0.398. The van der Waals surface area contributed by atoms with Crippen LogP contribution in [-0.4, -0.2) is 28.8 Å². The van der Waals surface area contributed by atoms with Crippen molar-refractivity contribution in [3.8, 4) is 0 Å². The minimum Gasteiger partial charge on any atom is -0.477 e. The second kappa shape index (κ2) is 5.16. The number of hydrogen-bond acceptors (Lipinski definition) is 5. The van der Waals surface area contributed by atoms with Gasteiger partial charge in [-0.3, -0.25) is 4.79 Å². The number of thioether (sulfide) groups is 1. The lowest BCUT2D eigenvalue weighted by Crippen LogP contribution is -2.28. The molecule has 5 heteroatoms. The van der Waals surface area contributed by atoms with E-state index in [1.54, 1.807) is 0 Å². The number of carbonyl (C=O) groups is 1. The predicted octanol–water partition coefficient (Wildman–Crippen LogP) is 2.38. The molecular weight excluding hydrogens is 232 g/mol. The molecular formula is C10H16O3S2. The van der Waals surface area contributed by atoms with Crippen molar-refractivity contribution >= 4 is 34.3 Å². The first-order chi connectivity index (χ1) is 6.95.